The lowest BCUT2D eigenvalue weighted by molar-refractivity contribution is -0.286. The van der Waals surface area contributed by atoms with Crippen LogP contribution >= 0.6 is 0 Å². The van der Waals surface area contributed by atoms with Crippen LogP contribution in [0.3, 0.4) is 0 Å². The van der Waals surface area contributed by atoms with E-state index in [1.807, 2.05) is 14.2 Å². The van der Waals surface area contributed by atoms with E-state index in [1.54, 1.807) is 45.4 Å². The standard InChI is InChI=1S/C38H50N2O10/c1-7-39-17-35(18-48-33(43)21-10-8-9-11-24(21)40-27(41)14-20(2)32(40)42)13-12-26(45-4)37-23-15-22-25(44-3)16-36(28(23)29(22)46-5)38(34(37)39,50-19-49-36)31(47-6)30(35)37/h8-11,20,22-23,25-26,28-31,34H,7,12-19H2,1-6H3/t20-,22+,23+,25-,26-,28+,29-,30+,31-,34-,35-,36+,37-,38+/m0/s1. The van der Waals surface area contributed by atoms with E-state index in [0.29, 0.717) is 13.0 Å². The molecule has 1 aromatic rings. The van der Waals surface area contributed by atoms with Crippen molar-refractivity contribution in [1.29, 1.82) is 0 Å². The minimum atomic E-state index is -0.820. The number of likely N-dealkylation sites (tertiary alicyclic amines) is 1. The highest BCUT2D eigenvalue weighted by Gasteiger charge is 2.94. The Labute approximate surface area is 293 Å². The molecule has 272 valence electrons. The van der Waals surface area contributed by atoms with E-state index >= 15 is 0 Å². The van der Waals surface area contributed by atoms with Crippen molar-refractivity contribution < 1.29 is 47.5 Å². The number of nitrogens with zero attached hydrogens (tertiary/aromatic N) is 2. The predicted molar refractivity (Wildman–Crippen MR) is 177 cm³/mol. The zero-order chi connectivity index (χ0) is 35.0. The Kier molecular flexibility index (Phi) is 7.53. The lowest BCUT2D eigenvalue weighted by atomic mass is 9.42. The number of imide groups is 1. The summed E-state index contributed by atoms with van der Waals surface area (Å²) in [5.74, 6) is -1.22. The number of ether oxygens (including phenoxy) is 7. The van der Waals surface area contributed by atoms with Gasteiger partial charge >= 0.3 is 5.97 Å². The summed E-state index contributed by atoms with van der Waals surface area (Å²) in [6.07, 6.45) is 2.77. The van der Waals surface area contributed by atoms with Crippen molar-refractivity contribution in [3.05, 3.63) is 29.8 Å². The number of piperidine rings is 1. The van der Waals surface area contributed by atoms with Gasteiger partial charge < -0.3 is 33.2 Å². The minimum Gasteiger partial charge on any atom is -0.461 e. The normalized spacial score (nSPS) is 48.3. The lowest BCUT2D eigenvalue weighted by Crippen LogP contribution is -2.81. The summed E-state index contributed by atoms with van der Waals surface area (Å²) in [7, 11) is 7.24. The smallest absolute Gasteiger partial charge is 0.340 e. The van der Waals surface area contributed by atoms with Crippen LogP contribution in [-0.2, 0) is 42.7 Å². The van der Waals surface area contributed by atoms with Crippen LogP contribution in [0.5, 0.6) is 0 Å². The molecule has 2 amide bonds. The third-order valence-electron chi connectivity index (χ3n) is 15.1. The molecule has 1 aromatic carbocycles. The van der Waals surface area contributed by atoms with Crippen LogP contribution in [0.15, 0.2) is 24.3 Å². The van der Waals surface area contributed by atoms with Gasteiger partial charge in [0.2, 0.25) is 11.8 Å². The van der Waals surface area contributed by atoms with E-state index in [-0.39, 0.29) is 97.0 Å². The van der Waals surface area contributed by atoms with E-state index in [9.17, 15) is 14.4 Å². The molecule has 12 nitrogen and oxygen atoms in total. The Balaban J connectivity index is 1.16. The first-order valence-corrected chi connectivity index (χ1v) is 18.4. The van der Waals surface area contributed by atoms with Crippen molar-refractivity contribution in [2.75, 3.05) is 59.8 Å². The number of hydrogen-bond donors (Lipinski definition) is 0. The first-order chi connectivity index (χ1) is 24.1. The molecule has 3 heterocycles. The molecule has 0 unspecified atom stereocenters. The number of para-hydroxylation sites is 1. The molecule has 12 heteroatoms. The van der Waals surface area contributed by atoms with Crippen molar-refractivity contribution in [1.82, 2.24) is 4.90 Å². The third-order valence-corrected chi connectivity index (χ3v) is 15.1. The van der Waals surface area contributed by atoms with Gasteiger partial charge in [-0.15, -0.1) is 0 Å². The number of carbonyl (C=O) groups is 3. The largest absolute Gasteiger partial charge is 0.461 e. The van der Waals surface area contributed by atoms with Gasteiger partial charge in [-0.25, -0.2) is 9.69 Å². The Morgan fingerprint density at radius 3 is 2.52 bits per heavy atom. The second kappa shape index (κ2) is 11.3. The maximum atomic E-state index is 14.2. The molecule has 0 radical (unpaired) electrons. The van der Waals surface area contributed by atoms with E-state index in [4.69, 9.17) is 33.2 Å². The number of methoxy groups -OCH3 is 4. The second-order valence-corrected chi connectivity index (χ2v) is 16.3. The molecule has 9 rings (SSSR count). The summed E-state index contributed by atoms with van der Waals surface area (Å²) >= 11 is 0. The van der Waals surface area contributed by atoms with Gasteiger partial charge in [-0.1, -0.05) is 26.0 Å². The molecule has 50 heavy (non-hydrogen) atoms. The van der Waals surface area contributed by atoms with Crippen LogP contribution in [0.2, 0.25) is 0 Å². The highest BCUT2D eigenvalue weighted by atomic mass is 16.7. The second-order valence-electron chi connectivity index (χ2n) is 16.3. The SMILES string of the molecule is CCN1C[C@]2(COC(=O)c3ccccc3N3C(=O)C[C@H](C)C3=O)CC[C@H](OC)[C@@]34[C@@H]5C[C@H]6[C@H](OC)[C@@H]5[C@@]5(C[C@@H]6OC)OCO[C@]5([C@@H](OC)[C@H]23)[C@@H]14. The van der Waals surface area contributed by atoms with Gasteiger partial charge in [0, 0.05) is 82.3 Å². The molecule has 3 aliphatic heterocycles. The molecule has 3 saturated heterocycles. The van der Waals surface area contributed by atoms with Crippen molar-refractivity contribution in [2.24, 2.45) is 40.4 Å². The fourth-order valence-electron chi connectivity index (χ4n) is 13.9. The van der Waals surface area contributed by atoms with Gasteiger partial charge in [-0.3, -0.25) is 14.5 Å². The molecule has 14 atom stereocenters. The van der Waals surface area contributed by atoms with Crippen molar-refractivity contribution in [3.63, 3.8) is 0 Å². The first-order valence-electron chi connectivity index (χ1n) is 18.4. The first kappa shape index (κ1) is 33.4. The van der Waals surface area contributed by atoms with Crippen LogP contribution in [0.25, 0.3) is 0 Å². The molecule has 8 fully saturated rings. The van der Waals surface area contributed by atoms with Gasteiger partial charge in [0.1, 0.15) is 18.0 Å². The molecular formula is C38H50N2O10. The zero-order valence-electron chi connectivity index (χ0n) is 29.9. The summed E-state index contributed by atoms with van der Waals surface area (Å²) in [4.78, 5) is 43.8. The molecule has 7 bridgehead atoms. The molecule has 5 saturated carbocycles. The molecule has 8 aliphatic rings. The Morgan fingerprint density at radius 1 is 1.04 bits per heavy atom. The van der Waals surface area contributed by atoms with E-state index in [2.05, 4.69) is 11.8 Å². The Hall–Kier alpha value is -2.45. The number of esters is 1. The monoisotopic (exact) mass is 694 g/mol. The number of amides is 2. The van der Waals surface area contributed by atoms with Gasteiger partial charge in [0.15, 0.2) is 0 Å². The fraction of sp³-hybridized carbons (Fsp3) is 0.763. The minimum absolute atomic E-state index is 0.0457. The van der Waals surface area contributed by atoms with Crippen LogP contribution in [0.4, 0.5) is 5.69 Å². The van der Waals surface area contributed by atoms with Gasteiger partial charge in [0.25, 0.3) is 0 Å². The highest BCUT2D eigenvalue weighted by molar-refractivity contribution is 6.22. The van der Waals surface area contributed by atoms with Crippen molar-refractivity contribution in [3.8, 4) is 0 Å². The average Bonchev–Trinajstić information content (AvgIpc) is 3.78. The topological polar surface area (TPSA) is 122 Å². The zero-order valence-corrected chi connectivity index (χ0v) is 29.9. The molecule has 3 spiro atoms. The van der Waals surface area contributed by atoms with E-state index in [1.165, 1.54) is 0 Å². The maximum Gasteiger partial charge on any atom is 0.340 e. The van der Waals surface area contributed by atoms with Gasteiger partial charge in [-0.2, -0.15) is 0 Å². The van der Waals surface area contributed by atoms with Crippen LogP contribution < -0.4 is 4.90 Å². The molecule has 0 aromatic heterocycles. The summed E-state index contributed by atoms with van der Waals surface area (Å²) in [6, 6.07) is 6.72. The van der Waals surface area contributed by atoms with E-state index < -0.39 is 33.9 Å². The van der Waals surface area contributed by atoms with E-state index in [0.717, 1.165) is 30.7 Å². The molecule has 0 N–H and O–H groups in total. The van der Waals surface area contributed by atoms with Crippen LogP contribution in [-0.4, -0.2) is 119 Å². The number of likely N-dealkylation sites (N-methyl/N-ethyl adjacent to an activating group) is 1. The number of anilines is 1. The van der Waals surface area contributed by atoms with Gasteiger partial charge in [-0.05, 0) is 43.9 Å². The summed E-state index contributed by atoms with van der Waals surface area (Å²) in [5.41, 5.74) is -1.91. The maximum absolute atomic E-state index is 14.2. The summed E-state index contributed by atoms with van der Waals surface area (Å²) < 4.78 is 46.5. The number of carbonyl (C=O) groups excluding carboxylic acids is 3. The third kappa shape index (κ3) is 3.64. The number of benzene rings is 1. The number of rotatable bonds is 9. The predicted octanol–water partition coefficient (Wildman–Crippen LogP) is 3.05. The molecular weight excluding hydrogens is 644 g/mol. The van der Waals surface area contributed by atoms with Gasteiger partial charge in [0.05, 0.1) is 48.3 Å². The average molecular weight is 695 g/mol. The highest BCUT2D eigenvalue weighted by Crippen LogP contribution is 2.82. The fourth-order valence-corrected chi connectivity index (χ4v) is 13.9. The lowest BCUT2D eigenvalue weighted by Gasteiger charge is -2.70. The summed E-state index contributed by atoms with van der Waals surface area (Å²) in [6.45, 7) is 5.73. The quantitative estimate of drug-likeness (QED) is 0.280. The van der Waals surface area contributed by atoms with Crippen molar-refractivity contribution >= 4 is 23.5 Å². The Bertz CT molecular complexity index is 1610. The molecule has 5 aliphatic carbocycles. The Morgan fingerprint density at radius 2 is 1.84 bits per heavy atom. The summed E-state index contributed by atoms with van der Waals surface area (Å²) in [5, 5.41) is 0. The van der Waals surface area contributed by atoms with Crippen LogP contribution in [0, 0.1) is 40.4 Å². The number of hydrogen-bond acceptors (Lipinski definition) is 11. The van der Waals surface area contributed by atoms with Crippen molar-refractivity contribution in [2.45, 2.75) is 87.6 Å². The number of fused-ring (bicyclic) bond motifs is 1. The van der Waals surface area contributed by atoms with Crippen LogP contribution in [0.1, 0.15) is 56.3 Å².